The van der Waals surface area contributed by atoms with Crippen LogP contribution in [0.4, 0.5) is 0 Å². The van der Waals surface area contributed by atoms with Gasteiger partial charge in [0.15, 0.2) is 0 Å². The van der Waals surface area contributed by atoms with E-state index in [9.17, 15) is 9.59 Å². The second-order valence-electron chi connectivity index (χ2n) is 6.20. The zero-order valence-corrected chi connectivity index (χ0v) is 12.7. The standard InChI is InChI=1S/C15H26N2O3/c1-4-13-14(18)16-12(9-10(2)3)15(19)17(13)11-5-7-20-8-6-11/h10-13H,4-9H2,1-3H3,(H,16,18). The summed E-state index contributed by atoms with van der Waals surface area (Å²) in [4.78, 5) is 26.9. The maximum Gasteiger partial charge on any atom is 0.246 e. The highest BCUT2D eigenvalue weighted by atomic mass is 16.5. The van der Waals surface area contributed by atoms with Crippen LogP contribution in [0.25, 0.3) is 0 Å². The van der Waals surface area contributed by atoms with Gasteiger partial charge in [0.1, 0.15) is 12.1 Å². The zero-order chi connectivity index (χ0) is 14.7. The highest BCUT2D eigenvalue weighted by Crippen LogP contribution is 2.24. The Morgan fingerprint density at radius 1 is 1.30 bits per heavy atom. The Kier molecular flexibility index (Phi) is 5.02. The predicted octanol–water partition coefficient (Wildman–Crippen LogP) is 1.32. The van der Waals surface area contributed by atoms with Gasteiger partial charge < -0.3 is 15.0 Å². The van der Waals surface area contributed by atoms with Crippen LogP contribution in [0, 0.1) is 5.92 Å². The van der Waals surface area contributed by atoms with Crippen LogP contribution in [0.1, 0.15) is 46.5 Å². The zero-order valence-electron chi connectivity index (χ0n) is 12.7. The summed E-state index contributed by atoms with van der Waals surface area (Å²) in [6.07, 6.45) is 3.05. The Morgan fingerprint density at radius 2 is 1.95 bits per heavy atom. The minimum absolute atomic E-state index is 0.00393. The van der Waals surface area contributed by atoms with Crippen molar-refractivity contribution in [3.8, 4) is 0 Å². The maximum atomic E-state index is 12.7. The topological polar surface area (TPSA) is 58.6 Å². The van der Waals surface area contributed by atoms with Gasteiger partial charge in [0.25, 0.3) is 0 Å². The highest BCUT2D eigenvalue weighted by molar-refractivity contribution is 5.97. The first-order valence-corrected chi connectivity index (χ1v) is 7.74. The summed E-state index contributed by atoms with van der Waals surface area (Å²) in [5.74, 6) is 0.486. The van der Waals surface area contributed by atoms with Gasteiger partial charge in [-0.1, -0.05) is 20.8 Å². The number of carbonyl (C=O) groups is 2. The number of nitrogens with zero attached hydrogens (tertiary/aromatic N) is 1. The van der Waals surface area contributed by atoms with Crippen LogP contribution in [0.5, 0.6) is 0 Å². The van der Waals surface area contributed by atoms with Gasteiger partial charge in [0, 0.05) is 19.3 Å². The van der Waals surface area contributed by atoms with E-state index in [1.807, 2.05) is 11.8 Å². The molecule has 2 unspecified atom stereocenters. The smallest absolute Gasteiger partial charge is 0.246 e. The van der Waals surface area contributed by atoms with Crippen molar-refractivity contribution in [1.82, 2.24) is 10.2 Å². The lowest BCUT2D eigenvalue weighted by molar-refractivity contribution is -0.155. The average Bonchev–Trinajstić information content (AvgIpc) is 2.42. The van der Waals surface area contributed by atoms with E-state index in [0.717, 1.165) is 12.8 Å². The molecule has 114 valence electrons. The van der Waals surface area contributed by atoms with E-state index in [1.165, 1.54) is 0 Å². The van der Waals surface area contributed by atoms with Crippen molar-refractivity contribution in [2.75, 3.05) is 13.2 Å². The van der Waals surface area contributed by atoms with Crippen molar-refractivity contribution >= 4 is 11.8 Å². The summed E-state index contributed by atoms with van der Waals surface area (Å²) >= 11 is 0. The molecule has 5 nitrogen and oxygen atoms in total. The van der Waals surface area contributed by atoms with Gasteiger partial charge in [-0.2, -0.15) is 0 Å². The summed E-state index contributed by atoms with van der Waals surface area (Å²) in [6.45, 7) is 7.48. The highest BCUT2D eigenvalue weighted by Gasteiger charge is 2.43. The first-order valence-electron chi connectivity index (χ1n) is 7.74. The van der Waals surface area contributed by atoms with E-state index >= 15 is 0 Å². The van der Waals surface area contributed by atoms with E-state index < -0.39 is 0 Å². The summed E-state index contributed by atoms with van der Waals surface area (Å²) in [6, 6.07) is -0.510. The van der Waals surface area contributed by atoms with E-state index in [4.69, 9.17) is 4.74 Å². The molecule has 2 fully saturated rings. The van der Waals surface area contributed by atoms with E-state index in [-0.39, 0.29) is 29.9 Å². The number of piperazine rings is 1. The number of rotatable bonds is 4. The molecular weight excluding hydrogens is 256 g/mol. The third-order valence-corrected chi connectivity index (χ3v) is 4.19. The first kappa shape index (κ1) is 15.3. The Labute approximate surface area is 121 Å². The molecule has 2 rings (SSSR count). The molecule has 0 bridgehead atoms. The van der Waals surface area contributed by atoms with Crippen molar-refractivity contribution in [3.63, 3.8) is 0 Å². The fraction of sp³-hybridized carbons (Fsp3) is 0.867. The first-order chi connectivity index (χ1) is 9.54. The molecule has 2 aliphatic heterocycles. The van der Waals surface area contributed by atoms with E-state index in [2.05, 4.69) is 19.2 Å². The second kappa shape index (κ2) is 6.57. The maximum absolute atomic E-state index is 12.7. The Hall–Kier alpha value is -1.10. The molecule has 5 heteroatoms. The van der Waals surface area contributed by atoms with Gasteiger partial charge in [-0.3, -0.25) is 9.59 Å². The van der Waals surface area contributed by atoms with Crippen molar-refractivity contribution in [2.45, 2.75) is 64.6 Å². The molecular formula is C15H26N2O3. The fourth-order valence-electron chi connectivity index (χ4n) is 3.20. The molecule has 20 heavy (non-hydrogen) atoms. The Bertz CT molecular complexity index is 364. The third kappa shape index (κ3) is 3.14. The number of amides is 2. The van der Waals surface area contributed by atoms with Crippen molar-refractivity contribution in [3.05, 3.63) is 0 Å². The number of ether oxygens (including phenoxy) is 1. The van der Waals surface area contributed by atoms with E-state index in [1.54, 1.807) is 0 Å². The minimum Gasteiger partial charge on any atom is -0.381 e. The van der Waals surface area contributed by atoms with E-state index in [0.29, 0.717) is 32.0 Å². The quantitative estimate of drug-likeness (QED) is 0.846. The molecule has 0 aromatic rings. The lowest BCUT2D eigenvalue weighted by atomic mass is 9.94. The molecule has 2 aliphatic rings. The summed E-state index contributed by atoms with van der Waals surface area (Å²) in [5.41, 5.74) is 0. The monoisotopic (exact) mass is 282 g/mol. The lowest BCUT2D eigenvalue weighted by Crippen LogP contribution is -2.66. The molecule has 2 atom stereocenters. The molecule has 2 saturated heterocycles. The van der Waals surface area contributed by atoms with Gasteiger partial charge in [-0.15, -0.1) is 0 Å². The predicted molar refractivity (Wildman–Crippen MR) is 76.2 cm³/mol. The van der Waals surface area contributed by atoms with Crippen molar-refractivity contribution in [1.29, 1.82) is 0 Å². The second-order valence-corrected chi connectivity index (χ2v) is 6.20. The lowest BCUT2D eigenvalue weighted by Gasteiger charge is -2.44. The van der Waals surface area contributed by atoms with Crippen molar-refractivity contribution in [2.24, 2.45) is 5.92 Å². The van der Waals surface area contributed by atoms with Gasteiger partial charge in [0.2, 0.25) is 11.8 Å². The molecule has 2 heterocycles. The Balaban J connectivity index is 2.17. The molecule has 0 aromatic heterocycles. The molecule has 1 N–H and O–H groups in total. The molecule has 0 radical (unpaired) electrons. The van der Waals surface area contributed by atoms with Gasteiger partial charge in [-0.05, 0) is 31.6 Å². The van der Waals surface area contributed by atoms with Crippen molar-refractivity contribution < 1.29 is 14.3 Å². The third-order valence-electron chi connectivity index (χ3n) is 4.19. The van der Waals surface area contributed by atoms with Crippen LogP contribution in [-0.2, 0) is 14.3 Å². The van der Waals surface area contributed by atoms with Gasteiger partial charge in [0.05, 0.1) is 0 Å². The van der Waals surface area contributed by atoms with Crippen LogP contribution in [0.2, 0.25) is 0 Å². The largest absolute Gasteiger partial charge is 0.381 e. The minimum atomic E-state index is -0.354. The molecule has 0 spiro atoms. The fourth-order valence-corrected chi connectivity index (χ4v) is 3.20. The Morgan fingerprint density at radius 3 is 2.50 bits per heavy atom. The molecule has 0 aromatic carbocycles. The van der Waals surface area contributed by atoms with Crippen LogP contribution in [0.15, 0.2) is 0 Å². The summed E-state index contributed by atoms with van der Waals surface area (Å²) in [5, 5.41) is 2.91. The number of hydrogen-bond donors (Lipinski definition) is 1. The molecule has 0 aliphatic carbocycles. The average molecular weight is 282 g/mol. The summed E-state index contributed by atoms with van der Waals surface area (Å²) < 4.78 is 5.37. The number of nitrogens with one attached hydrogen (secondary N) is 1. The van der Waals surface area contributed by atoms with Crippen LogP contribution < -0.4 is 5.32 Å². The SMILES string of the molecule is CCC1C(=O)NC(CC(C)C)C(=O)N1C1CCOCC1. The van der Waals surface area contributed by atoms with Crippen LogP contribution in [-0.4, -0.2) is 48.1 Å². The van der Waals surface area contributed by atoms with Gasteiger partial charge >= 0.3 is 0 Å². The molecule has 2 amide bonds. The number of hydrogen-bond acceptors (Lipinski definition) is 3. The van der Waals surface area contributed by atoms with Gasteiger partial charge in [-0.25, -0.2) is 0 Å². The normalized spacial score (nSPS) is 28.9. The number of carbonyl (C=O) groups excluding carboxylic acids is 2. The van der Waals surface area contributed by atoms with Crippen LogP contribution >= 0.6 is 0 Å². The molecule has 0 saturated carbocycles. The summed E-state index contributed by atoms with van der Waals surface area (Å²) in [7, 11) is 0. The van der Waals surface area contributed by atoms with Crippen LogP contribution in [0.3, 0.4) is 0 Å².